The van der Waals surface area contributed by atoms with Crippen molar-refractivity contribution in [3.63, 3.8) is 0 Å². The van der Waals surface area contributed by atoms with Gasteiger partial charge in [-0.3, -0.25) is 0 Å². The summed E-state index contributed by atoms with van der Waals surface area (Å²) in [6.07, 6.45) is 0. The van der Waals surface area contributed by atoms with Crippen LogP contribution in [0.4, 0.5) is 11.4 Å². The van der Waals surface area contributed by atoms with Crippen molar-refractivity contribution < 1.29 is 4.74 Å². The lowest BCUT2D eigenvalue weighted by molar-refractivity contribution is 0.340. The molecule has 0 heterocycles. The maximum Gasteiger partial charge on any atom is 0.121 e. The van der Waals surface area contributed by atoms with E-state index in [1.807, 2.05) is 75.4 Å². The smallest absolute Gasteiger partial charge is 0.121 e. The fraction of sp³-hybridized carbons (Fsp3) is 0.250. The van der Waals surface area contributed by atoms with E-state index in [9.17, 15) is 0 Å². The van der Waals surface area contributed by atoms with Crippen LogP contribution in [0.1, 0.15) is 20.8 Å². The molecule has 0 aliphatic carbocycles. The Labute approximate surface area is 110 Å². The van der Waals surface area contributed by atoms with E-state index in [-0.39, 0.29) is 0 Å². The van der Waals surface area contributed by atoms with Gasteiger partial charge in [0, 0.05) is 17.4 Å². The van der Waals surface area contributed by atoms with Crippen molar-refractivity contribution in [3.8, 4) is 5.75 Å². The van der Waals surface area contributed by atoms with E-state index >= 15 is 0 Å². The average molecular weight is 243 g/mol. The first-order chi connectivity index (χ1) is 8.88. The van der Waals surface area contributed by atoms with Crippen molar-refractivity contribution in [2.45, 2.75) is 20.8 Å². The number of hydrogen-bond donors (Lipinski definition) is 1. The molecule has 2 rings (SSSR count). The Morgan fingerprint density at radius 1 is 0.889 bits per heavy atom. The number of hydrogen-bond acceptors (Lipinski definition) is 2. The number of ether oxygens (including phenoxy) is 1. The predicted octanol–water partition coefficient (Wildman–Crippen LogP) is 4.86. The van der Waals surface area contributed by atoms with E-state index in [4.69, 9.17) is 4.74 Å². The molecule has 0 spiro atoms. The molecule has 1 N–H and O–H groups in total. The van der Waals surface area contributed by atoms with Crippen molar-refractivity contribution in [3.05, 3.63) is 54.6 Å². The SMILES string of the molecule is CC.CCOc1cccc(Nc2ccccc2)c1. The second-order valence-electron chi connectivity index (χ2n) is 3.45. The zero-order chi connectivity index (χ0) is 13.2. The van der Waals surface area contributed by atoms with Crippen LogP contribution in [0, 0.1) is 0 Å². The van der Waals surface area contributed by atoms with Crippen LogP contribution in [0.25, 0.3) is 0 Å². The van der Waals surface area contributed by atoms with Gasteiger partial charge in [-0.1, -0.05) is 38.1 Å². The molecule has 0 radical (unpaired) electrons. The van der Waals surface area contributed by atoms with Crippen LogP contribution in [-0.2, 0) is 0 Å². The normalized spacial score (nSPS) is 9.06. The molecule has 0 aliphatic rings. The number of rotatable bonds is 4. The van der Waals surface area contributed by atoms with Gasteiger partial charge in [-0.25, -0.2) is 0 Å². The number of nitrogens with one attached hydrogen (secondary N) is 1. The predicted molar refractivity (Wildman–Crippen MR) is 78.7 cm³/mol. The summed E-state index contributed by atoms with van der Waals surface area (Å²) in [4.78, 5) is 0. The number of anilines is 2. The highest BCUT2D eigenvalue weighted by molar-refractivity contribution is 5.60. The standard InChI is InChI=1S/C14H15NO.C2H6/c1-2-16-14-10-6-9-13(11-14)15-12-7-4-3-5-8-12;1-2/h3-11,15H,2H2,1H3;1-2H3. The monoisotopic (exact) mass is 243 g/mol. The van der Waals surface area contributed by atoms with Crippen LogP contribution in [-0.4, -0.2) is 6.61 Å². The zero-order valence-electron chi connectivity index (χ0n) is 11.3. The second-order valence-corrected chi connectivity index (χ2v) is 3.45. The third-order valence-corrected chi connectivity index (χ3v) is 2.21. The van der Waals surface area contributed by atoms with E-state index in [1.54, 1.807) is 0 Å². The largest absolute Gasteiger partial charge is 0.494 e. The van der Waals surface area contributed by atoms with Crippen LogP contribution in [0.5, 0.6) is 5.75 Å². The maximum atomic E-state index is 5.44. The van der Waals surface area contributed by atoms with Gasteiger partial charge in [0.05, 0.1) is 6.61 Å². The molecule has 2 aromatic rings. The van der Waals surface area contributed by atoms with Gasteiger partial charge in [0.25, 0.3) is 0 Å². The third-order valence-electron chi connectivity index (χ3n) is 2.21. The summed E-state index contributed by atoms with van der Waals surface area (Å²) in [5.41, 5.74) is 2.12. The first-order valence-electron chi connectivity index (χ1n) is 6.43. The van der Waals surface area contributed by atoms with Gasteiger partial charge >= 0.3 is 0 Å². The topological polar surface area (TPSA) is 21.3 Å². The Balaban J connectivity index is 0.000000771. The van der Waals surface area contributed by atoms with Crippen molar-refractivity contribution >= 4 is 11.4 Å². The molecule has 0 saturated heterocycles. The Morgan fingerprint density at radius 2 is 1.56 bits per heavy atom. The number of benzene rings is 2. The molecule has 0 amide bonds. The molecule has 0 aromatic heterocycles. The minimum absolute atomic E-state index is 0.689. The van der Waals surface area contributed by atoms with Crippen LogP contribution in [0.15, 0.2) is 54.6 Å². The fourth-order valence-corrected chi connectivity index (χ4v) is 1.52. The van der Waals surface area contributed by atoms with Gasteiger partial charge in [0.1, 0.15) is 5.75 Å². The van der Waals surface area contributed by atoms with Crippen molar-refractivity contribution in [2.24, 2.45) is 0 Å². The first-order valence-corrected chi connectivity index (χ1v) is 6.43. The minimum Gasteiger partial charge on any atom is -0.494 e. The molecule has 0 unspecified atom stereocenters. The summed E-state index contributed by atoms with van der Waals surface area (Å²) in [7, 11) is 0. The molecule has 0 saturated carbocycles. The van der Waals surface area contributed by atoms with Gasteiger partial charge in [-0.2, -0.15) is 0 Å². The maximum absolute atomic E-state index is 5.44. The molecule has 0 bridgehead atoms. The molecule has 0 fully saturated rings. The zero-order valence-corrected chi connectivity index (χ0v) is 11.3. The summed E-state index contributed by atoms with van der Waals surface area (Å²) in [6.45, 7) is 6.67. The quantitative estimate of drug-likeness (QED) is 0.828. The molecule has 96 valence electrons. The van der Waals surface area contributed by atoms with Gasteiger partial charge in [0.15, 0.2) is 0 Å². The summed E-state index contributed by atoms with van der Waals surface area (Å²) in [5, 5.41) is 3.32. The van der Waals surface area contributed by atoms with Crippen LogP contribution in [0.2, 0.25) is 0 Å². The van der Waals surface area contributed by atoms with Crippen molar-refractivity contribution in [1.82, 2.24) is 0 Å². The second kappa shape index (κ2) is 8.18. The highest BCUT2D eigenvalue weighted by atomic mass is 16.5. The van der Waals surface area contributed by atoms with E-state index in [2.05, 4.69) is 5.32 Å². The summed E-state index contributed by atoms with van der Waals surface area (Å²) >= 11 is 0. The molecule has 18 heavy (non-hydrogen) atoms. The van der Waals surface area contributed by atoms with Gasteiger partial charge in [-0.15, -0.1) is 0 Å². The lowest BCUT2D eigenvalue weighted by atomic mass is 10.2. The lowest BCUT2D eigenvalue weighted by Gasteiger charge is -2.08. The fourth-order valence-electron chi connectivity index (χ4n) is 1.52. The molecule has 2 aromatic carbocycles. The first kappa shape index (κ1) is 14.1. The Hall–Kier alpha value is -1.96. The molecule has 2 heteroatoms. The highest BCUT2D eigenvalue weighted by Gasteiger charge is 1.96. The Morgan fingerprint density at radius 3 is 2.22 bits per heavy atom. The van der Waals surface area contributed by atoms with Crippen molar-refractivity contribution in [1.29, 1.82) is 0 Å². The summed E-state index contributed by atoms with van der Waals surface area (Å²) in [5.74, 6) is 0.892. The third kappa shape index (κ3) is 4.50. The van der Waals surface area contributed by atoms with Gasteiger partial charge in [-0.05, 0) is 31.2 Å². The molecule has 0 aliphatic heterocycles. The van der Waals surface area contributed by atoms with Crippen LogP contribution >= 0.6 is 0 Å². The molecular weight excluding hydrogens is 222 g/mol. The summed E-state index contributed by atoms with van der Waals surface area (Å²) in [6, 6.07) is 18.0. The Bertz CT molecular complexity index is 440. The van der Waals surface area contributed by atoms with E-state index in [1.165, 1.54) is 0 Å². The van der Waals surface area contributed by atoms with Crippen LogP contribution < -0.4 is 10.1 Å². The molecule has 0 atom stereocenters. The van der Waals surface area contributed by atoms with Gasteiger partial charge < -0.3 is 10.1 Å². The number of para-hydroxylation sites is 1. The average Bonchev–Trinajstić information content (AvgIpc) is 2.43. The van der Waals surface area contributed by atoms with E-state index in [0.29, 0.717) is 6.61 Å². The molecular formula is C16H21NO. The summed E-state index contributed by atoms with van der Waals surface area (Å²) < 4.78 is 5.44. The van der Waals surface area contributed by atoms with Crippen molar-refractivity contribution in [2.75, 3.05) is 11.9 Å². The van der Waals surface area contributed by atoms with E-state index < -0.39 is 0 Å². The Kier molecular flexibility index (Phi) is 6.41. The van der Waals surface area contributed by atoms with Gasteiger partial charge in [0.2, 0.25) is 0 Å². The van der Waals surface area contributed by atoms with Crippen LogP contribution in [0.3, 0.4) is 0 Å². The molecule has 2 nitrogen and oxygen atoms in total. The lowest BCUT2D eigenvalue weighted by Crippen LogP contribution is -1.93. The van der Waals surface area contributed by atoms with E-state index in [0.717, 1.165) is 17.1 Å². The minimum atomic E-state index is 0.689. The highest BCUT2D eigenvalue weighted by Crippen LogP contribution is 2.21.